The zero-order chi connectivity index (χ0) is 27.6. The maximum absolute atomic E-state index is 12.8. The number of hydrogen-bond donors (Lipinski definition) is 0. The molecule has 4 aromatic heterocycles. The molecular formula is C29H38N4O5Si. The molecule has 9 nitrogen and oxygen atoms in total. The Balaban J connectivity index is 1.31. The van der Waals surface area contributed by atoms with Gasteiger partial charge in [0.25, 0.3) is 0 Å². The van der Waals surface area contributed by atoms with Crippen molar-refractivity contribution in [2.75, 3.05) is 26.3 Å². The van der Waals surface area contributed by atoms with Gasteiger partial charge >= 0.3 is 5.97 Å². The second-order valence-corrected chi connectivity index (χ2v) is 17.1. The maximum atomic E-state index is 12.8. The van der Waals surface area contributed by atoms with Crippen molar-refractivity contribution >= 4 is 36.0 Å². The standard InChI is InChI=1S/C29H38N4O5Si/c1-5-37-29(35)26-7-6-22(38-26)19-31-12-8-21(9-13-31)33-15-11-25(34)24-18-30-28-23(27(24)33)10-14-32(28)20-36-16-17-39(2,3)4/h6-7,10-11,14-15,18,21H,5,8-9,12-13,16-17,19-20H2,1-4H3. The number of hydrogen-bond acceptors (Lipinski definition) is 7. The fraction of sp³-hybridized carbons (Fsp3) is 0.483. The Kier molecular flexibility index (Phi) is 8.06. The van der Waals surface area contributed by atoms with Crippen molar-refractivity contribution in [3.63, 3.8) is 0 Å². The van der Waals surface area contributed by atoms with Crippen molar-refractivity contribution in [1.29, 1.82) is 0 Å². The zero-order valence-electron chi connectivity index (χ0n) is 23.3. The summed E-state index contributed by atoms with van der Waals surface area (Å²) in [6.07, 6.45) is 7.53. The van der Waals surface area contributed by atoms with Gasteiger partial charge in [0, 0.05) is 63.9 Å². The Morgan fingerprint density at radius 2 is 1.90 bits per heavy atom. The van der Waals surface area contributed by atoms with E-state index in [-0.39, 0.29) is 17.2 Å². The van der Waals surface area contributed by atoms with E-state index in [4.69, 9.17) is 13.9 Å². The third-order valence-electron chi connectivity index (χ3n) is 7.37. The molecule has 0 radical (unpaired) electrons. The zero-order valence-corrected chi connectivity index (χ0v) is 24.3. The predicted molar refractivity (Wildman–Crippen MR) is 154 cm³/mol. The number of pyridine rings is 2. The molecule has 0 bridgehead atoms. The quantitative estimate of drug-likeness (QED) is 0.151. The number of likely N-dealkylation sites (tertiary alicyclic amines) is 1. The molecule has 0 unspecified atom stereocenters. The van der Waals surface area contributed by atoms with Crippen molar-refractivity contribution in [2.45, 2.75) is 64.8 Å². The summed E-state index contributed by atoms with van der Waals surface area (Å²) < 4.78 is 21.0. The number of rotatable bonds is 10. The average Bonchev–Trinajstić information content (AvgIpc) is 3.54. The van der Waals surface area contributed by atoms with Crippen LogP contribution in [0.4, 0.5) is 0 Å². The summed E-state index contributed by atoms with van der Waals surface area (Å²) in [5, 5.41) is 1.62. The van der Waals surface area contributed by atoms with Gasteiger partial charge in [0.05, 0.1) is 24.1 Å². The van der Waals surface area contributed by atoms with E-state index in [0.29, 0.717) is 25.3 Å². The first-order valence-electron chi connectivity index (χ1n) is 13.8. The van der Waals surface area contributed by atoms with Gasteiger partial charge in [-0.15, -0.1) is 0 Å². The Bertz CT molecular complexity index is 1510. The molecule has 5 heterocycles. The Morgan fingerprint density at radius 1 is 1.10 bits per heavy atom. The Morgan fingerprint density at radius 3 is 2.64 bits per heavy atom. The lowest BCUT2D eigenvalue weighted by Gasteiger charge is -2.33. The number of carbonyl (C=O) groups excluding carboxylic acids is 1. The van der Waals surface area contributed by atoms with Crippen LogP contribution in [0, 0.1) is 0 Å². The molecule has 39 heavy (non-hydrogen) atoms. The van der Waals surface area contributed by atoms with Crippen LogP contribution in [-0.2, 0) is 22.7 Å². The van der Waals surface area contributed by atoms with E-state index in [1.165, 1.54) is 0 Å². The highest BCUT2D eigenvalue weighted by Crippen LogP contribution is 2.30. The minimum atomic E-state index is -1.15. The first-order valence-corrected chi connectivity index (χ1v) is 17.5. The number of aromatic nitrogens is 3. The molecule has 10 heteroatoms. The Labute approximate surface area is 229 Å². The smallest absolute Gasteiger partial charge is 0.374 e. The van der Waals surface area contributed by atoms with Crippen molar-refractivity contribution in [3.8, 4) is 0 Å². The summed E-state index contributed by atoms with van der Waals surface area (Å²) in [5.74, 6) is 0.569. The van der Waals surface area contributed by atoms with Gasteiger partial charge in [-0.1, -0.05) is 19.6 Å². The molecule has 1 fully saturated rings. The summed E-state index contributed by atoms with van der Waals surface area (Å²) >= 11 is 0. The molecule has 0 N–H and O–H groups in total. The molecule has 0 amide bonds. The van der Waals surface area contributed by atoms with Crippen LogP contribution < -0.4 is 5.43 Å². The third-order valence-corrected chi connectivity index (χ3v) is 9.07. The minimum absolute atomic E-state index is 0.0116. The molecule has 1 aliphatic heterocycles. The monoisotopic (exact) mass is 550 g/mol. The van der Waals surface area contributed by atoms with Crippen LogP contribution in [0.5, 0.6) is 0 Å². The van der Waals surface area contributed by atoms with Crippen LogP contribution in [0.15, 0.2) is 52.1 Å². The van der Waals surface area contributed by atoms with E-state index >= 15 is 0 Å². The van der Waals surface area contributed by atoms with E-state index < -0.39 is 14.0 Å². The van der Waals surface area contributed by atoms with Crippen LogP contribution in [0.3, 0.4) is 0 Å². The van der Waals surface area contributed by atoms with Gasteiger partial charge < -0.3 is 23.0 Å². The molecule has 0 aromatic carbocycles. The fourth-order valence-electron chi connectivity index (χ4n) is 5.20. The summed E-state index contributed by atoms with van der Waals surface area (Å²) in [7, 11) is -1.15. The van der Waals surface area contributed by atoms with E-state index in [1.54, 1.807) is 25.3 Å². The van der Waals surface area contributed by atoms with E-state index in [1.807, 2.05) is 23.0 Å². The van der Waals surface area contributed by atoms with Crippen molar-refractivity contribution < 1.29 is 18.7 Å². The number of nitrogens with zero attached hydrogens (tertiary/aromatic N) is 4. The van der Waals surface area contributed by atoms with Crippen LogP contribution >= 0.6 is 0 Å². The van der Waals surface area contributed by atoms with Crippen molar-refractivity contribution in [1.82, 2.24) is 19.0 Å². The summed E-state index contributed by atoms with van der Waals surface area (Å²) in [6.45, 7) is 12.7. The first kappa shape index (κ1) is 27.4. The number of ether oxygens (including phenoxy) is 2. The first-order chi connectivity index (χ1) is 18.7. The highest BCUT2D eigenvalue weighted by Gasteiger charge is 2.24. The topological polar surface area (TPSA) is 91.7 Å². The molecule has 4 aromatic rings. The summed E-state index contributed by atoms with van der Waals surface area (Å²) in [6, 6.07) is 8.60. The van der Waals surface area contributed by atoms with Gasteiger partial charge in [-0.3, -0.25) is 9.69 Å². The molecule has 0 aliphatic carbocycles. The molecule has 0 atom stereocenters. The average molecular weight is 551 g/mol. The molecular weight excluding hydrogens is 512 g/mol. The largest absolute Gasteiger partial charge is 0.460 e. The van der Waals surface area contributed by atoms with Crippen molar-refractivity contribution in [2.24, 2.45) is 0 Å². The highest BCUT2D eigenvalue weighted by atomic mass is 28.3. The second kappa shape index (κ2) is 11.5. The van der Waals surface area contributed by atoms with Gasteiger partial charge in [0.15, 0.2) is 5.43 Å². The van der Waals surface area contributed by atoms with Crippen LogP contribution in [0.1, 0.15) is 42.1 Å². The van der Waals surface area contributed by atoms with Gasteiger partial charge in [-0.2, -0.15) is 0 Å². The number of furan rings is 1. The summed E-state index contributed by atoms with van der Waals surface area (Å²) in [4.78, 5) is 31.7. The van der Waals surface area contributed by atoms with E-state index in [9.17, 15) is 9.59 Å². The lowest BCUT2D eigenvalue weighted by atomic mass is 10.0. The number of piperidine rings is 1. The van der Waals surface area contributed by atoms with E-state index in [0.717, 1.165) is 60.9 Å². The van der Waals surface area contributed by atoms with Crippen LogP contribution in [-0.4, -0.2) is 59.4 Å². The van der Waals surface area contributed by atoms with Crippen LogP contribution in [0.25, 0.3) is 21.9 Å². The van der Waals surface area contributed by atoms with Gasteiger partial charge in [0.1, 0.15) is 18.1 Å². The highest BCUT2D eigenvalue weighted by molar-refractivity contribution is 6.76. The molecule has 1 aliphatic rings. The molecule has 0 spiro atoms. The minimum Gasteiger partial charge on any atom is -0.460 e. The lowest BCUT2D eigenvalue weighted by molar-refractivity contribution is 0.0485. The van der Waals surface area contributed by atoms with Crippen molar-refractivity contribution in [3.05, 3.63) is 64.6 Å². The third kappa shape index (κ3) is 6.18. The maximum Gasteiger partial charge on any atom is 0.374 e. The van der Waals surface area contributed by atoms with Gasteiger partial charge in [0.2, 0.25) is 5.76 Å². The SMILES string of the molecule is CCOC(=O)c1ccc(CN2CCC(n3ccc(=O)c4cnc5c(ccn5COCC[Si](C)(C)C)c43)CC2)o1. The molecule has 208 valence electrons. The number of carbonyl (C=O) groups is 1. The molecule has 5 rings (SSSR count). The normalized spacial score (nSPS) is 15.4. The Hall–Kier alpha value is -3.21. The number of fused-ring (bicyclic) bond motifs is 3. The lowest BCUT2D eigenvalue weighted by Crippen LogP contribution is -2.34. The number of esters is 1. The molecule has 1 saturated heterocycles. The fourth-order valence-corrected chi connectivity index (χ4v) is 5.95. The second-order valence-electron chi connectivity index (χ2n) is 11.5. The van der Waals surface area contributed by atoms with Gasteiger partial charge in [-0.25, -0.2) is 9.78 Å². The van der Waals surface area contributed by atoms with E-state index in [2.05, 4.69) is 40.2 Å². The predicted octanol–water partition coefficient (Wildman–Crippen LogP) is 5.27. The van der Waals surface area contributed by atoms with Gasteiger partial charge in [-0.05, 0) is 44.0 Å². The van der Waals surface area contributed by atoms with Crippen LogP contribution in [0.2, 0.25) is 25.7 Å². The molecule has 0 saturated carbocycles. The summed E-state index contributed by atoms with van der Waals surface area (Å²) in [5.41, 5.74) is 1.77.